The number of carbonyl (C=O) groups excluding carboxylic acids is 1. The van der Waals surface area contributed by atoms with Gasteiger partial charge in [-0.2, -0.15) is 0 Å². The number of hydrogen-bond acceptors (Lipinski definition) is 10. The summed E-state index contributed by atoms with van der Waals surface area (Å²) in [7, 11) is 10.9. The zero-order chi connectivity index (χ0) is 29.8. The van der Waals surface area contributed by atoms with Crippen molar-refractivity contribution in [3.05, 3.63) is 7.05 Å². The zero-order valence-electron chi connectivity index (χ0n) is 26.7. The molecule has 0 spiro atoms. The Morgan fingerprint density at radius 2 is 0.875 bits per heavy atom. The Labute approximate surface area is 241 Å². The third kappa shape index (κ3) is 14.1. The predicted molar refractivity (Wildman–Crippen MR) is 157 cm³/mol. The minimum Gasteiger partial charge on any atom is -0.495 e. The van der Waals surface area contributed by atoms with Crippen molar-refractivity contribution < 1.29 is 44.6 Å². The van der Waals surface area contributed by atoms with Gasteiger partial charge in [-0.25, -0.2) is 0 Å². The summed E-state index contributed by atoms with van der Waals surface area (Å²) >= 11 is 0. The Morgan fingerprint density at radius 1 is 0.575 bits per heavy atom. The van der Waals surface area contributed by atoms with Crippen LogP contribution in [0, 0.1) is 13.0 Å². The van der Waals surface area contributed by atoms with Crippen LogP contribution in [-0.2, 0) is 44.6 Å². The van der Waals surface area contributed by atoms with E-state index in [-0.39, 0.29) is 5.91 Å². The van der Waals surface area contributed by atoms with Crippen molar-refractivity contribution in [3.63, 3.8) is 0 Å². The van der Waals surface area contributed by atoms with Gasteiger partial charge in [0.1, 0.15) is 0 Å². The molecule has 0 aromatic rings. The molecule has 0 bridgehead atoms. The molecule has 0 aromatic carbocycles. The van der Waals surface area contributed by atoms with Gasteiger partial charge in [0.15, 0.2) is 5.91 Å². The molecule has 15 heteroatoms. The first-order valence-electron chi connectivity index (χ1n) is 13.7. The van der Waals surface area contributed by atoms with Crippen molar-refractivity contribution in [1.29, 1.82) is 0 Å². The maximum atomic E-state index is 12.9. The molecule has 40 heavy (non-hydrogen) atoms. The van der Waals surface area contributed by atoms with Crippen molar-refractivity contribution in [1.82, 2.24) is 4.90 Å². The average Bonchev–Trinajstić information content (AvgIpc) is 2.98. The molecule has 0 rings (SSSR count). The van der Waals surface area contributed by atoms with E-state index in [1.807, 2.05) is 0 Å². The van der Waals surface area contributed by atoms with Gasteiger partial charge in [-0.15, -0.1) is 0 Å². The Balaban J connectivity index is 0. The third-order valence-corrected chi connectivity index (χ3v) is 15.9. The maximum Gasteiger partial charge on any atom is 0.500 e. The second-order valence-corrected chi connectivity index (χ2v) is 18.8. The van der Waals surface area contributed by atoms with Crippen LogP contribution >= 0.6 is 0 Å². The topological polar surface area (TPSA) is 103 Å². The fraction of sp³-hybridized carbons (Fsp3) is 0.920. The van der Waals surface area contributed by atoms with Gasteiger partial charge in [-0.1, -0.05) is 12.8 Å². The summed E-state index contributed by atoms with van der Waals surface area (Å²) in [4.78, 5) is 14.5. The molecular weight excluding hydrogens is 826 g/mol. The molecule has 11 nitrogen and oxygen atoms in total. The molecule has 0 aliphatic carbocycles. The molecule has 236 valence electrons. The van der Waals surface area contributed by atoms with Crippen LogP contribution in [0.1, 0.15) is 57.8 Å². The first-order chi connectivity index (χ1) is 18.6. The Morgan fingerprint density at radius 3 is 1.18 bits per heavy atom. The van der Waals surface area contributed by atoms with Crippen LogP contribution in [0.4, 0.5) is 0 Å². The minimum atomic E-state index is -2.61. The van der Waals surface area contributed by atoms with Gasteiger partial charge in [-0.3, -0.25) is 11.8 Å². The normalized spacial score (nSPS) is 12.6. The summed E-state index contributed by atoms with van der Waals surface area (Å²) in [5, 5.41) is 0. The molecule has 0 atom stereocenters. The van der Waals surface area contributed by atoms with E-state index >= 15 is 0 Å². The van der Waals surface area contributed by atoms with Crippen molar-refractivity contribution in [2.24, 2.45) is 5.92 Å². The van der Waals surface area contributed by atoms with Crippen molar-refractivity contribution >= 4 is 32.3 Å². The van der Waals surface area contributed by atoms with Crippen LogP contribution in [-0.4, -0.2) is 108 Å². The predicted octanol–water partition coefficient (Wildman–Crippen LogP) is 4.37. The molecule has 0 unspecified atom stereocenters. The van der Waals surface area contributed by atoms with E-state index in [9.17, 15) is 4.79 Å². The Bertz CT molecular complexity index is 577. The summed E-state index contributed by atoms with van der Waals surface area (Å²) in [6, 6.07) is 2.19. The monoisotopic (exact) mass is 881 g/mol. The van der Waals surface area contributed by atoms with Gasteiger partial charge in [-0.05, 0) is 51.0 Å². The smallest absolute Gasteiger partial charge is 0.495 e. The first kappa shape index (κ1) is 40.9. The largest absolute Gasteiger partial charge is 0.500 e. The second kappa shape index (κ2) is 22.4. The Kier molecular flexibility index (Phi) is 22.9. The zero-order valence-corrected chi connectivity index (χ0v) is 36.1. The van der Waals surface area contributed by atoms with E-state index < -0.39 is 26.4 Å². The van der Waals surface area contributed by atoms with Gasteiger partial charge >= 0.3 is 26.4 Å². The number of hydrogen-bond donors (Lipinski definition) is 0. The van der Waals surface area contributed by atoms with Crippen LogP contribution in [0.5, 0.6) is 0 Å². The molecule has 0 saturated heterocycles. The standard InChI is InChI=1S/C25H56NO10Si3.Rf/c1-26(25(27)19-13-16-22-39(34-8,35-9)36-10)23-24(17-11-14-20-37(28-2,29-3)30-4)18-12-15-21-38(31-5,32-6)33-7;/h24H,1,11-23H2,2-10H3;/q-1;. The second-order valence-electron chi connectivity index (χ2n) is 9.57. The Hall–Kier alpha value is -1.24. The summed E-state index contributed by atoms with van der Waals surface area (Å²) in [5.41, 5.74) is 0. The molecule has 0 aromatic heterocycles. The van der Waals surface area contributed by atoms with E-state index in [1.54, 1.807) is 68.9 Å². The van der Waals surface area contributed by atoms with Crippen LogP contribution < -0.4 is 0 Å². The van der Waals surface area contributed by atoms with Gasteiger partial charge in [0.25, 0.3) is 0 Å². The molecule has 0 aliphatic rings. The van der Waals surface area contributed by atoms with Crippen molar-refractivity contribution in [3.8, 4) is 0 Å². The van der Waals surface area contributed by atoms with Crippen LogP contribution in [0.2, 0.25) is 18.1 Å². The molecule has 0 radical (unpaired) electrons. The third-order valence-electron chi connectivity index (χ3n) is 7.44. The summed E-state index contributed by atoms with van der Waals surface area (Å²) in [6.07, 6.45) is 7.75. The average molecular weight is 882 g/mol. The molecule has 0 aliphatic heterocycles. The van der Waals surface area contributed by atoms with E-state index in [4.69, 9.17) is 39.8 Å². The number of carbonyl (C=O) groups is 1. The van der Waals surface area contributed by atoms with Crippen molar-refractivity contribution in [2.45, 2.75) is 75.9 Å². The van der Waals surface area contributed by atoms with Crippen LogP contribution in [0.3, 0.4) is 0 Å². The van der Waals surface area contributed by atoms with E-state index in [0.29, 0.717) is 24.9 Å². The fourth-order valence-corrected chi connectivity index (χ4v) is 10.1. The van der Waals surface area contributed by atoms with E-state index in [2.05, 4.69) is 7.05 Å². The molecule has 0 saturated carbocycles. The maximum absolute atomic E-state index is 12.9. The van der Waals surface area contributed by atoms with E-state index in [0.717, 1.165) is 63.5 Å². The van der Waals surface area contributed by atoms with Gasteiger partial charge in [0.2, 0.25) is 0 Å². The van der Waals surface area contributed by atoms with Crippen LogP contribution in [0.25, 0.3) is 0 Å². The van der Waals surface area contributed by atoms with E-state index in [1.165, 1.54) is 0 Å². The molecule has 0 heterocycles. The number of nitrogens with zero attached hydrogens (tertiary/aromatic N) is 1. The van der Waals surface area contributed by atoms with Gasteiger partial charge in [0.05, 0.1) is 0 Å². The fourth-order valence-electron chi connectivity index (χ4n) is 4.73. The molecular formula is C25H56NO10RfSi3-. The number of amides is 1. The first-order valence-corrected chi connectivity index (χ1v) is 19.5. The summed E-state index contributed by atoms with van der Waals surface area (Å²) < 4.78 is 49.7. The van der Waals surface area contributed by atoms with Gasteiger partial charge in [0, 0.05) is 88.5 Å². The SMILES string of the molecule is [CH2-]N(CC(CCCC[Si](OC)(OC)OC)CCCC[Si](OC)(OC)OC)C(=O)CCCC[Si](OC)(OC)OC.[Rf]. The minimum absolute atomic E-state index is 0. The molecule has 0 N–H and O–H groups in total. The quantitative estimate of drug-likeness (QED) is 0.0708. The molecule has 1 amide bonds. The van der Waals surface area contributed by atoms with Gasteiger partial charge < -0.3 is 44.7 Å². The summed E-state index contributed by atoms with van der Waals surface area (Å²) in [6.45, 7) is 0.620. The number of unbranched alkanes of at least 4 members (excludes halogenated alkanes) is 3. The summed E-state index contributed by atoms with van der Waals surface area (Å²) in [5.74, 6) is 0.378. The van der Waals surface area contributed by atoms with Crippen LogP contribution in [0.15, 0.2) is 0 Å². The number of rotatable bonds is 26. The molecule has 0 fully saturated rings. The van der Waals surface area contributed by atoms with Crippen molar-refractivity contribution in [2.75, 3.05) is 70.5 Å².